The summed E-state index contributed by atoms with van der Waals surface area (Å²) in [5.41, 5.74) is 4.56. The zero-order valence-corrected chi connectivity index (χ0v) is 17.5. The molecule has 0 atom stereocenters. The van der Waals surface area contributed by atoms with E-state index in [1.165, 1.54) is 0 Å². The number of amides is 2. The molecular weight excluding hydrogens is 364 g/mol. The molecule has 29 heavy (non-hydrogen) atoms. The lowest BCUT2D eigenvalue weighted by molar-refractivity contribution is -0.133. The molecule has 0 bridgehead atoms. The first kappa shape index (κ1) is 20.9. The van der Waals surface area contributed by atoms with Crippen LogP contribution in [0.5, 0.6) is 0 Å². The Hall–Kier alpha value is -2.86. The molecule has 3 rings (SSSR count). The number of likely N-dealkylation sites (N-methyl/N-ethyl adjacent to an activating group) is 1. The fourth-order valence-electron chi connectivity index (χ4n) is 3.58. The monoisotopic (exact) mass is 394 g/mol. The van der Waals surface area contributed by atoms with Crippen LogP contribution in [0.3, 0.4) is 0 Å². The van der Waals surface area contributed by atoms with E-state index in [2.05, 4.69) is 27.5 Å². The molecule has 1 heterocycles. The molecule has 2 aromatic rings. The maximum absolute atomic E-state index is 12.5. The average Bonchev–Trinajstić information content (AvgIpc) is 2.75. The van der Waals surface area contributed by atoms with E-state index in [9.17, 15) is 9.59 Å². The molecule has 154 valence electrons. The topological polar surface area (TPSA) is 64.7 Å². The van der Waals surface area contributed by atoms with Gasteiger partial charge in [0.1, 0.15) is 0 Å². The van der Waals surface area contributed by atoms with Gasteiger partial charge in [-0.05, 0) is 55.3 Å². The standard InChI is InChI=1S/C23H30N4O2/c1-4-17-7-6-8-18(5-2)21(17)25-23(29)22(28)24-19-9-11-20(12-10-19)27-15-13-26(3)14-16-27/h6-12H,4-5,13-16H2,1-3H3,(H,24,28)(H,25,29). The Morgan fingerprint density at radius 1 is 0.828 bits per heavy atom. The summed E-state index contributed by atoms with van der Waals surface area (Å²) in [7, 11) is 2.13. The van der Waals surface area contributed by atoms with Crippen molar-refractivity contribution in [1.82, 2.24) is 4.90 Å². The SMILES string of the molecule is CCc1cccc(CC)c1NC(=O)C(=O)Nc1ccc(N2CCN(C)CC2)cc1. The number of aryl methyl sites for hydroxylation is 2. The predicted molar refractivity (Wildman–Crippen MR) is 119 cm³/mol. The number of carbonyl (C=O) groups excluding carboxylic acids is 2. The Balaban J connectivity index is 1.62. The number of para-hydroxylation sites is 1. The van der Waals surface area contributed by atoms with Gasteiger partial charge in [0.15, 0.2) is 0 Å². The normalized spacial score (nSPS) is 14.5. The van der Waals surface area contributed by atoms with E-state index in [1.54, 1.807) is 0 Å². The van der Waals surface area contributed by atoms with E-state index in [0.29, 0.717) is 5.69 Å². The van der Waals surface area contributed by atoms with Gasteiger partial charge in [0.05, 0.1) is 0 Å². The van der Waals surface area contributed by atoms with Crippen molar-refractivity contribution in [2.75, 3.05) is 48.8 Å². The van der Waals surface area contributed by atoms with Crippen LogP contribution in [-0.2, 0) is 22.4 Å². The van der Waals surface area contributed by atoms with Gasteiger partial charge in [-0.25, -0.2) is 0 Å². The second kappa shape index (κ2) is 9.56. The molecule has 0 aromatic heterocycles. The van der Waals surface area contributed by atoms with Crippen LogP contribution in [0.1, 0.15) is 25.0 Å². The van der Waals surface area contributed by atoms with Crippen LogP contribution in [-0.4, -0.2) is 49.9 Å². The second-order valence-corrected chi connectivity index (χ2v) is 7.40. The van der Waals surface area contributed by atoms with Crippen LogP contribution in [0.2, 0.25) is 0 Å². The van der Waals surface area contributed by atoms with Crippen LogP contribution in [0.25, 0.3) is 0 Å². The number of carbonyl (C=O) groups is 2. The highest BCUT2D eigenvalue weighted by molar-refractivity contribution is 6.43. The van der Waals surface area contributed by atoms with E-state index < -0.39 is 11.8 Å². The maximum atomic E-state index is 12.5. The molecule has 2 amide bonds. The Morgan fingerprint density at radius 2 is 1.38 bits per heavy atom. The minimum absolute atomic E-state index is 0.613. The Kier molecular flexibility index (Phi) is 6.88. The first-order chi connectivity index (χ1) is 14.0. The van der Waals surface area contributed by atoms with Gasteiger partial charge in [-0.1, -0.05) is 32.0 Å². The van der Waals surface area contributed by atoms with Gasteiger partial charge >= 0.3 is 11.8 Å². The summed E-state index contributed by atoms with van der Waals surface area (Å²) in [6.07, 6.45) is 1.58. The highest BCUT2D eigenvalue weighted by Gasteiger charge is 2.18. The summed E-state index contributed by atoms with van der Waals surface area (Å²) in [4.78, 5) is 29.5. The quantitative estimate of drug-likeness (QED) is 0.765. The predicted octanol–water partition coefficient (Wildman–Crippen LogP) is 3.14. The first-order valence-corrected chi connectivity index (χ1v) is 10.3. The summed E-state index contributed by atoms with van der Waals surface area (Å²) in [6, 6.07) is 13.6. The molecule has 6 heteroatoms. The molecule has 0 spiro atoms. The third kappa shape index (κ3) is 5.15. The van der Waals surface area contributed by atoms with E-state index >= 15 is 0 Å². The molecule has 0 radical (unpaired) electrons. The lowest BCUT2D eigenvalue weighted by atomic mass is 10.0. The van der Waals surface area contributed by atoms with Crippen molar-refractivity contribution in [3.8, 4) is 0 Å². The smallest absolute Gasteiger partial charge is 0.314 e. The number of rotatable bonds is 5. The molecule has 2 N–H and O–H groups in total. The van der Waals surface area contributed by atoms with Gasteiger partial charge in [0.25, 0.3) is 0 Å². The molecule has 6 nitrogen and oxygen atoms in total. The van der Waals surface area contributed by atoms with Crippen molar-refractivity contribution < 1.29 is 9.59 Å². The van der Waals surface area contributed by atoms with E-state index in [0.717, 1.165) is 61.5 Å². The molecule has 1 saturated heterocycles. The van der Waals surface area contributed by atoms with Gasteiger partial charge < -0.3 is 20.4 Å². The molecule has 1 aliphatic rings. The van der Waals surface area contributed by atoms with Gasteiger partial charge in [-0.15, -0.1) is 0 Å². The fourth-order valence-corrected chi connectivity index (χ4v) is 3.58. The average molecular weight is 395 g/mol. The molecule has 0 aliphatic carbocycles. The van der Waals surface area contributed by atoms with Crippen LogP contribution in [0.15, 0.2) is 42.5 Å². The minimum atomic E-state index is -0.662. The molecule has 0 saturated carbocycles. The van der Waals surface area contributed by atoms with Crippen molar-refractivity contribution in [2.45, 2.75) is 26.7 Å². The number of hydrogen-bond acceptors (Lipinski definition) is 4. The Bertz CT molecular complexity index is 833. The highest BCUT2D eigenvalue weighted by Crippen LogP contribution is 2.23. The number of anilines is 3. The number of benzene rings is 2. The summed E-state index contributed by atoms with van der Waals surface area (Å²) in [5, 5.41) is 5.50. The first-order valence-electron chi connectivity index (χ1n) is 10.3. The van der Waals surface area contributed by atoms with Crippen molar-refractivity contribution in [2.24, 2.45) is 0 Å². The van der Waals surface area contributed by atoms with Crippen LogP contribution < -0.4 is 15.5 Å². The van der Waals surface area contributed by atoms with Crippen molar-refractivity contribution in [3.05, 3.63) is 53.6 Å². The third-order valence-corrected chi connectivity index (χ3v) is 5.44. The highest BCUT2D eigenvalue weighted by atomic mass is 16.2. The van der Waals surface area contributed by atoms with Gasteiger partial charge in [-0.2, -0.15) is 0 Å². The molecule has 0 unspecified atom stereocenters. The number of nitrogens with one attached hydrogen (secondary N) is 2. The van der Waals surface area contributed by atoms with Crippen LogP contribution in [0, 0.1) is 0 Å². The Morgan fingerprint density at radius 3 is 1.93 bits per heavy atom. The fraction of sp³-hybridized carbons (Fsp3) is 0.391. The van der Waals surface area contributed by atoms with Gasteiger partial charge in [0.2, 0.25) is 0 Å². The van der Waals surface area contributed by atoms with E-state index in [-0.39, 0.29) is 0 Å². The van der Waals surface area contributed by atoms with Gasteiger partial charge in [-0.3, -0.25) is 9.59 Å². The maximum Gasteiger partial charge on any atom is 0.314 e. The largest absolute Gasteiger partial charge is 0.369 e. The van der Waals surface area contributed by atoms with Crippen molar-refractivity contribution in [3.63, 3.8) is 0 Å². The Labute approximate surface area is 172 Å². The van der Waals surface area contributed by atoms with Gasteiger partial charge in [0, 0.05) is 43.2 Å². The summed E-state index contributed by atoms with van der Waals surface area (Å²) < 4.78 is 0. The molecule has 1 aliphatic heterocycles. The van der Waals surface area contributed by atoms with Crippen LogP contribution >= 0.6 is 0 Å². The van der Waals surface area contributed by atoms with E-state index in [1.807, 2.05) is 56.3 Å². The van der Waals surface area contributed by atoms with Crippen molar-refractivity contribution in [1.29, 1.82) is 0 Å². The summed E-state index contributed by atoms with van der Waals surface area (Å²) >= 11 is 0. The van der Waals surface area contributed by atoms with E-state index in [4.69, 9.17) is 0 Å². The lowest BCUT2D eigenvalue weighted by Gasteiger charge is -2.34. The summed E-state index contributed by atoms with van der Waals surface area (Å²) in [6.45, 7) is 8.12. The number of hydrogen-bond donors (Lipinski definition) is 2. The zero-order chi connectivity index (χ0) is 20.8. The van der Waals surface area contributed by atoms with Crippen molar-refractivity contribution >= 4 is 28.9 Å². The van der Waals surface area contributed by atoms with Crippen LogP contribution in [0.4, 0.5) is 17.1 Å². The summed E-state index contributed by atoms with van der Waals surface area (Å²) in [5.74, 6) is -1.31. The zero-order valence-electron chi connectivity index (χ0n) is 17.5. The lowest BCUT2D eigenvalue weighted by Crippen LogP contribution is -2.44. The minimum Gasteiger partial charge on any atom is -0.369 e. The number of piperazine rings is 1. The molecule has 2 aromatic carbocycles. The second-order valence-electron chi connectivity index (χ2n) is 7.40. The number of nitrogens with zero attached hydrogens (tertiary/aromatic N) is 2. The molecular formula is C23H30N4O2. The molecule has 1 fully saturated rings. The third-order valence-electron chi connectivity index (χ3n) is 5.44.